The zero-order valence-corrected chi connectivity index (χ0v) is 16.6. The monoisotopic (exact) mass is 374 g/mol. The van der Waals surface area contributed by atoms with Crippen molar-refractivity contribution >= 4 is 0 Å². The minimum Gasteiger partial charge on any atom is -0.373 e. The van der Waals surface area contributed by atoms with E-state index in [1.807, 2.05) is 24.3 Å². The van der Waals surface area contributed by atoms with Gasteiger partial charge in [0.2, 0.25) is 0 Å². The van der Waals surface area contributed by atoms with Crippen LogP contribution in [-0.2, 0) is 11.2 Å². The van der Waals surface area contributed by atoms with Gasteiger partial charge in [0, 0.05) is 12.2 Å². The topological polar surface area (TPSA) is 9.23 Å². The Kier molecular flexibility index (Phi) is 5.59. The summed E-state index contributed by atoms with van der Waals surface area (Å²) in [7, 11) is 0. The first-order valence-corrected chi connectivity index (χ1v) is 10.2. The zero-order valence-electron chi connectivity index (χ0n) is 16.6. The Morgan fingerprint density at radius 3 is 2.14 bits per heavy atom. The Bertz CT molecular complexity index is 920. The van der Waals surface area contributed by atoms with Crippen molar-refractivity contribution in [2.45, 2.75) is 39.2 Å². The van der Waals surface area contributed by atoms with Crippen molar-refractivity contribution in [1.82, 2.24) is 0 Å². The number of aryl methyl sites for hydroxylation is 1. The third-order valence-electron chi connectivity index (χ3n) is 5.76. The van der Waals surface area contributed by atoms with E-state index >= 15 is 0 Å². The zero-order chi connectivity index (χ0) is 19.5. The van der Waals surface area contributed by atoms with Crippen LogP contribution in [0.1, 0.15) is 43.9 Å². The van der Waals surface area contributed by atoms with Gasteiger partial charge in [0.15, 0.2) is 0 Å². The van der Waals surface area contributed by atoms with E-state index in [0.717, 1.165) is 36.1 Å². The Balaban J connectivity index is 1.53. The molecule has 2 unspecified atom stereocenters. The summed E-state index contributed by atoms with van der Waals surface area (Å²) < 4.78 is 20.8. The van der Waals surface area contributed by atoms with E-state index in [1.54, 1.807) is 6.07 Å². The fraction of sp³-hybridized carbons (Fsp3) is 0.308. The number of rotatable bonds is 4. The van der Waals surface area contributed by atoms with Gasteiger partial charge < -0.3 is 4.74 Å². The molecule has 3 aromatic carbocycles. The number of halogens is 1. The van der Waals surface area contributed by atoms with Crippen LogP contribution in [0.5, 0.6) is 0 Å². The molecule has 0 amide bonds. The highest BCUT2D eigenvalue weighted by atomic mass is 19.1. The second-order valence-electron chi connectivity index (χ2n) is 7.87. The maximum atomic E-state index is 14.8. The number of hydrogen-bond acceptors (Lipinski definition) is 1. The van der Waals surface area contributed by atoms with Crippen molar-refractivity contribution < 1.29 is 9.13 Å². The van der Waals surface area contributed by atoms with Crippen molar-refractivity contribution in [1.29, 1.82) is 0 Å². The molecule has 1 nitrogen and oxygen atoms in total. The van der Waals surface area contributed by atoms with E-state index in [1.165, 1.54) is 17.5 Å². The van der Waals surface area contributed by atoms with Gasteiger partial charge in [-0.3, -0.25) is 0 Å². The molecule has 3 aromatic rings. The molecule has 0 spiro atoms. The Morgan fingerprint density at radius 1 is 0.857 bits per heavy atom. The van der Waals surface area contributed by atoms with Crippen LogP contribution in [-0.4, -0.2) is 6.61 Å². The van der Waals surface area contributed by atoms with Gasteiger partial charge in [0.1, 0.15) is 5.82 Å². The lowest BCUT2D eigenvalue weighted by Gasteiger charge is -2.27. The first-order chi connectivity index (χ1) is 13.6. The average Bonchev–Trinajstić information content (AvgIpc) is 2.74. The van der Waals surface area contributed by atoms with Crippen LogP contribution in [0.2, 0.25) is 0 Å². The van der Waals surface area contributed by atoms with Crippen molar-refractivity contribution in [3.63, 3.8) is 0 Å². The van der Waals surface area contributed by atoms with Gasteiger partial charge in [0.25, 0.3) is 0 Å². The Labute approximate surface area is 167 Å². The molecule has 0 saturated carbocycles. The van der Waals surface area contributed by atoms with Crippen molar-refractivity contribution in [2.75, 3.05) is 6.61 Å². The molecule has 0 radical (unpaired) electrons. The van der Waals surface area contributed by atoms with Gasteiger partial charge in [-0.05, 0) is 59.1 Å². The molecule has 0 N–H and O–H groups in total. The summed E-state index contributed by atoms with van der Waals surface area (Å²) in [6, 6.07) is 22.0. The van der Waals surface area contributed by atoms with Crippen LogP contribution >= 0.6 is 0 Å². The quantitative estimate of drug-likeness (QED) is 0.469. The van der Waals surface area contributed by atoms with Gasteiger partial charge >= 0.3 is 0 Å². The van der Waals surface area contributed by atoms with E-state index < -0.39 is 0 Å². The minimum atomic E-state index is -0.185. The highest BCUT2D eigenvalue weighted by molar-refractivity contribution is 5.71. The van der Waals surface area contributed by atoms with Crippen LogP contribution < -0.4 is 0 Å². The van der Waals surface area contributed by atoms with Gasteiger partial charge in [0.05, 0.1) is 6.10 Å². The summed E-state index contributed by atoms with van der Waals surface area (Å²) in [4.78, 5) is 0. The SMILES string of the molecule is CCc1ccc(-c2ccc(-c3ccc(C4CCC(C)CO4)cc3)cc2F)cc1. The molecular formula is C26H27FO. The molecule has 1 heterocycles. The molecule has 2 atom stereocenters. The number of hydrogen-bond donors (Lipinski definition) is 0. The first-order valence-electron chi connectivity index (χ1n) is 10.2. The summed E-state index contributed by atoms with van der Waals surface area (Å²) in [5, 5.41) is 0. The van der Waals surface area contributed by atoms with Gasteiger partial charge in [-0.15, -0.1) is 0 Å². The molecule has 28 heavy (non-hydrogen) atoms. The molecule has 1 aliphatic heterocycles. The summed E-state index contributed by atoms with van der Waals surface area (Å²) in [6.45, 7) is 5.19. The van der Waals surface area contributed by atoms with Crippen molar-refractivity contribution in [2.24, 2.45) is 5.92 Å². The molecule has 2 heteroatoms. The van der Waals surface area contributed by atoms with E-state index in [0.29, 0.717) is 11.5 Å². The van der Waals surface area contributed by atoms with E-state index in [-0.39, 0.29) is 11.9 Å². The second-order valence-corrected chi connectivity index (χ2v) is 7.87. The fourth-order valence-electron chi connectivity index (χ4n) is 3.88. The van der Waals surface area contributed by atoms with Gasteiger partial charge in [-0.1, -0.05) is 74.5 Å². The molecule has 1 fully saturated rings. The van der Waals surface area contributed by atoms with E-state index in [4.69, 9.17) is 4.74 Å². The van der Waals surface area contributed by atoms with Crippen molar-refractivity contribution in [3.05, 3.63) is 83.7 Å². The van der Waals surface area contributed by atoms with Crippen LogP contribution in [0, 0.1) is 11.7 Å². The summed E-state index contributed by atoms with van der Waals surface area (Å²) in [5.74, 6) is 0.464. The summed E-state index contributed by atoms with van der Waals surface area (Å²) >= 11 is 0. The maximum Gasteiger partial charge on any atom is 0.131 e. The van der Waals surface area contributed by atoms with Gasteiger partial charge in [-0.25, -0.2) is 4.39 Å². The normalized spacial score (nSPS) is 19.5. The molecule has 0 aromatic heterocycles. The average molecular weight is 374 g/mol. The highest BCUT2D eigenvalue weighted by Gasteiger charge is 2.20. The largest absolute Gasteiger partial charge is 0.373 e. The summed E-state index contributed by atoms with van der Waals surface area (Å²) in [5.41, 5.74) is 5.96. The third-order valence-corrected chi connectivity index (χ3v) is 5.76. The Hall–Kier alpha value is -2.45. The first kappa shape index (κ1) is 18.9. The molecule has 0 aliphatic carbocycles. The molecule has 1 saturated heterocycles. The smallest absolute Gasteiger partial charge is 0.131 e. The van der Waals surface area contributed by atoms with E-state index in [2.05, 4.69) is 50.2 Å². The Morgan fingerprint density at radius 2 is 1.54 bits per heavy atom. The standard InChI is InChI=1S/C26H27FO/c1-3-19-5-7-21(8-6-19)24-14-13-23(16-25(24)27)20-9-11-22(12-10-20)26-15-4-18(2)17-28-26/h5-14,16,18,26H,3-4,15,17H2,1-2H3. The lowest BCUT2D eigenvalue weighted by Crippen LogP contribution is -2.18. The molecular weight excluding hydrogens is 347 g/mol. The predicted molar refractivity (Wildman–Crippen MR) is 114 cm³/mol. The number of ether oxygens (including phenoxy) is 1. The second kappa shape index (κ2) is 8.28. The lowest BCUT2D eigenvalue weighted by atomic mass is 9.94. The van der Waals surface area contributed by atoms with Crippen LogP contribution in [0.4, 0.5) is 4.39 Å². The molecule has 144 valence electrons. The fourth-order valence-corrected chi connectivity index (χ4v) is 3.88. The molecule has 4 rings (SSSR count). The summed E-state index contributed by atoms with van der Waals surface area (Å²) in [6.07, 6.45) is 3.46. The van der Waals surface area contributed by atoms with Crippen molar-refractivity contribution in [3.8, 4) is 22.3 Å². The minimum absolute atomic E-state index is 0.185. The molecule has 1 aliphatic rings. The van der Waals surface area contributed by atoms with Crippen LogP contribution in [0.3, 0.4) is 0 Å². The lowest BCUT2D eigenvalue weighted by molar-refractivity contribution is -0.0123. The van der Waals surface area contributed by atoms with Crippen LogP contribution in [0.15, 0.2) is 66.7 Å². The molecule has 0 bridgehead atoms. The maximum absolute atomic E-state index is 14.8. The van der Waals surface area contributed by atoms with E-state index in [9.17, 15) is 4.39 Å². The third kappa shape index (κ3) is 4.02. The number of benzene rings is 3. The highest BCUT2D eigenvalue weighted by Crippen LogP contribution is 2.33. The van der Waals surface area contributed by atoms with Gasteiger partial charge in [-0.2, -0.15) is 0 Å². The van der Waals surface area contributed by atoms with Crippen LogP contribution in [0.25, 0.3) is 22.3 Å². The predicted octanol–water partition coefficient (Wildman–Crippen LogP) is 7.21.